The Labute approximate surface area is 278 Å². The van der Waals surface area contributed by atoms with E-state index in [0.29, 0.717) is 6.61 Å². The molecular formula is C41H41OP3Si. The Hall–Kier alpha value is -3.34. The zero-order valence-corrected chi connectivity index (χ0v) is 30.5. The van der Waals surface area contributed by atoms with Crippen LogP contribution in [0.1, 0.15) is 6.92 Å². The largest absolute Gasteiger partial charge is 0.413 e. The molecule has 0 aliphatic heterocycles. The van der Waals surface area contributed by atoms with Gasteiger partial charge in [-0.2, -0.15) is 0 Å². The van der Waals surface area contributed by atoms with Crippen molar-refractivity contribution >= 4 is 66.9 Å². The molecule has 0 saturated heterocycles. The third-order valence-electron chi connectivity index (χ3n) is 8.15. The number of hydrogen-bond acceptors (Lipinski definition) is 1. The highest BCUT2D eigenvalue weighted by Crippen LogP contribution is 2.77. The van der Waals surface area contributed by atoms with Crippen LogP contribution in [0.5, 0.6) is 0 Å². The molecule has 0 aliphatic carbocycles. The van der Waals surface area contributed by atoms with Gasteiger partial charge in [-0.05, 0) is 78.6 Å². The Morgan fingerprint density at radius 1 is 0.478 bits per heavy atom. The Bertz CT molecular complexity index is 1740. The van der Waals surface area contributed by atoms with E-state index in [1.54, 1.807) is 4.66 Å². The van der Waals surface area contributed by atoms with Crippen molar-refractivity contribution in [3.8, 4) is 0 Å². The molecule has 6 rings (SSSR count). The lowest BCUT2D eigenvalue weighted by Crippen LogP contribution is -2.46. The third-order valence-corrected chi connectivity index (χ3v) is 29.8. The van der Waals surface area contributed by atoms with Crippen LogP contribution in [0, 0.1) is 0 Å². The molecular weight excluding hydrogens is 629 g/mol. The maximum Gasteiger partial charge on any atom is 0.220 e. The van der Waals surface area contributed by atoms with Crippen LogP contribution in [0.3, 0.4) is 0 Å². The van der Waals surface area contributed by atoms with Gasteiger partial charge in [0.25, 0.3) is 0 Å². The molecule has 6 aromatic rings. The first-order chi connectivity index (χ1) is 22.6. The predicted octanol–water partition coefficient (Wildman–Crippen LogP) is 8.75. The Morgan fingerprint density at radius 3 is 1.11 bits per heavy atom. The summed E-state index contributed by atoms with van der Waals surface area (Å²) in [5, 5.41) is 8.42. The van der Waals surface area contributed by atoms with Crippen molar-refractivity contribution in [1.29, 1.82) is 0 Å². The summed E-state index contributed by atoms with van der Waals surface area (Å²) in [5.74, 6) is 0. The molecule has 0 amide bonds. The van der Waals surface area contributed by atoms with Crippen LogP contribution in [0.4, 0.5) is 0 Å². The van der Waals surface area contributed by atoms with Crippen LogP contribution in [-0.2, 0) is 4.43 Å². The average Bonchev–Trinajstić information content (AvgIpc) is 3.12. The molecule has 46 heavy (non-hydrogen) atoms. The van der Waals surface area contributed by atoms with Crippen molar-refractivity contribution < 1.29 is 4.43 Å². The fourth-order valence-electron chi connectivity index (χ4n) is 6.42. The first-order valence-electron chi connectivity index (χ1n) is 15.9. The Kier molecular flexibility index (Phi) is 10.7. The molecule has 0 fully saturated rings. The van der Waals surface area contributed by atoms with Crippen molar-refractivity contribution in [3.63, 3.8) is 0 Å². The minimum Gasteiger partial charge on any atom is -0.413 e. The van der Waals surface area contributed by atoms with E-state index in [1.807, 2.05) is 0 Å². The Morgan fingerprint density at radius 2 is 0.783 bits per heavy atom. The zero-order chi connectivity index (χ0) is 31.8. The minimum absolute atomic E-state index is 0.688. The van der Waals surface area contributed by atoms with E-state index in [0.717, 1.165) is 0 Å². The molecule has 230 valence electrons. The molecule has 0 atom stereocenters. The summed E-state index contributed by atoms with van der Waals surface area (Å²) < 4.78 is 8.79. The lowest BCUT2D eigenvalue weighted by Gasteiger charge is -2.46. The van der Waals surface area contributed by atoms with Crippen molar-refractivity contribution in [1.82, 2.24) is 0 Å². The quantitative estimate of drug-likeness (QED) is 0.0990. The topological polar surface area (TPSA) is 9.23 Å². The third kappa shape index (κ3) is 6.57. The van der Waals surface area contributed by atoms with Crippen LogP contribution >= 0.6 is 22.1 Å². The molecule has 0 unspecified atom stereocenters. The molecule has 6 aromatic carbocycles. The van der Waals surface area contributed by atoms with Crippen LogP contribution in [0.2, 0.25) is 13.1 Å². The summed E-state index contributed by atoms with van der Waals surface area (Å²) >= 11 is 0. The predicted molar refractivity (Wildman–Crippen MR) is 211 cm³/mol. The van der Waals surface area contributed by atoms with E-state index in [4.69, 9.17) is 4.43 Å². The van der Waals surface area contributed by atoms with Gasteiger partial charge < -0.3 is 4.43 Å². The van der Waals surface area contributed by atoms with E-state index < -0.39 is 30.4 Å². The fourth-order valence-corrected chi connectivity index (χ4v) is 33.6. The highest BCUT2D eigenvalue weighted by atomic mass is 32.1. The van der Waals surface area contributed by atoms with E-state index >= 15 is 0 Å². The monoisotopic (exact) mass is 670 g/mol. The van der Waals surface area contributed by atoms with Gasteiger partial charge in [0, 0.05) is 6.61 Å². The van der Waals surface area contributed by atoms with E-state index in [1.165, 1.54) is 31.8 Å². The second kappa shape index (κ2) is 15.0. The molecule has 0 aliphatic rings. The molecule has 0 heterocycles. The summed E-state index contributed by atoms with van der Waals surface area (Å²) in [4.78, 5) is 0. The van der Waals surface area contributed by atoms with Crippen LogP contribution in [-0.4, -0.2) is 19.6 Å². The standard InChI is InChI=1S/C41H41OP3Si/c1-4-42-46(2,3)41(43(35-23-11-5-12-24-35)36-25-13-6-14-26-36)45(39-31-19-9-20-32-39,40-33-21-10-22-34-40)44(37-27-15-7-16-28-37)38-29-17-8-18-30-38/h5-34H,4H2,1-3H3. The van der Waals surface area contributed by atoms with E-state index in [9.17, 15) is 0 Å². The first-order valence-corrected chi connectivity index (χ1v) is 24.0. The molecule has 0 N–H and O–H groups in total. The zero-order valence-electron chi connectivity index (χ0n) is 26.8. The van der Waals surface area contributed by atoms with Gasteiger partial charge in [0.15, 0.2) is 0 Å². The van der Waals surface area contributed by atoms with Crippen molar-refractivity contribution in [3.05, 3.63) is 182 Å². The van der Waals surface area contributed by atoms with Gasteiger partial charge in [-0.25, -0.2) is 0 Å². The van der Waals surface area contributed by atoms with Crippen molar-refractivity contribution in [2.45, 2.75) is 20.0 Å². The highest BCUT2D eigenvalue weighted by molar-refractivity contribution is 8.52. The second-order valence-electron chi connectivity index (χ2n) is 11.6. The van der Waals surface area contributed by atoms with Gasteiger partial charge in [0.05, 0.1) is 0 Å². The molecule has 0 radical (unpaired) electrons. The summed E-state index contributed by atoms with van der Waals surface area (Å²) in [6.45, 7) is 5.34. The molecule has 1 nitrogen and oxygen atoms in total. The molecule has 0 saturated carbocycles. The maximum absolute atomic E-state index is 7.14. The van der Waals surface area contributed by atoms with Crippen LogP contribution in [0.15, 0.2) is 182 Å². The molecule has 0 bridgehead atoms. The van der Waals surface area contributed by atoms with Gasteiger partial charge in [-0.3, -0.25) is 0 Å². The number of rotatable bonds is 11. The summed E-state index contributed by atoms with van der Waals surface area (Å²) in [6, 6.07) is 68.2. The van der Waals surface area contributed by atoms with Crippen LogP contribution in [0.25, 0.3) is 0 Å². The van der Waals surface area contributed by atoms with Gasteiger partial charge in [0.2, 0.25) is 8.32 Å². The summed E-state index contributed by atoms with van der Waals surface area (Å²) in [7, 11) is -4.46. The smallest absolute Gasteiger partial charge is 0.220 e. The normalized spacial score (nSPS) is 11.9. The van der Waals surface area contributed by atoms with Crippen molar-refractivity contribution in [2.75, 3.05) is 6.61 Å². The molecule has 5 heteroatoms. The van der Waals surface area contributed by atoms with Crippen LogP contribution < -0.4 is 31.8 Å². The molecule has 0 aromatic heterocycles. The summed E-state index contributed by atoms with van der Waals surface area (Å²) in [5.41, 5.74) is 0. The Balaban J connectivity index is 1.96. The van der Waals surface area contributed by atoms with Gasteiger partial charge >= 0.3 is 0 Å². The van der Waals surface area contributed by atoms with E-state index in [2.05, 4.69) is 202 Å². The average molecular weight is 671 g/mol. The maximum atomic E-state index is 7.14. The van der Waals surface area contributed by atoms with E-state index in [-0.39, 0.29) is 0 Å². The summed E-state index contributed by atoms with van der Waals surface area (Å²) in [6.07, 6.45) is 0. The fraction of sp³-hybridized carbons (Fsp3) is 0.0976. The first kappa shape index (κ1) is 32.6. The SMILES string of the molecule is CCO[Si](C)(C)C(P(c1ccccc1)c1ccccc1)=P(c1ccccc1)(c1ccccc1)P(c1ccccc1)c1ccccc1. The molecule has 0 spiro atoms. The lowest BCUT2D eigenvalue weighted by molar-refractivity contribution is 0.342. The van der Waals surface area contributed by atoms with Gasteiger partial charge in [-0.15, -0.1) is 0 Å². The van der Waals surface area contributed by atoms with Gasteiger partial charge in [0.1, 0.15) is 0 Å². The van der Waals surface area contributed by atoms with Crippen molar-refractivity contribution in [2.24, 2.45) is 0 Å². The van der Waals surface area contributed by atoms with Gasteiger partial charge in [-0.1, -0.05) is 182 Å². The second-order valence-corrected chi connectivity index (χ2v) is 26.1. The highest BCUT2D eigenvalue weighted by Gasteiger charge is 2.47. The number of hydrogen-bond donors (Lipinski definition) is 0. The number of benzene rings is 6. The minimum atomic E-state index is -2.58. The lowest BCUT2D eigenvalue weighted by atomic mass is 10.4.